The average Bonchev–Trinajstić information content (AvgIpc) is 2.28. The largest absolute Gasteiger partial charge is 0.233 e. The summed E-state index contributed by atoms with van der Waals surface area (Å²) in [6.45, 7) is 4.16. The Labute approximate surface area is 94.3 Å². The summed E-state index contributed by atoms with van der Waals surface area (Å²) in [6.07, 6.45) is 1.78. The first-order chi connectivity index (χ1) is 7.26. The Hall–Kier alpha value is -1.15. The van der Waals surface area contributed by atoms with Crippen LogP contribution in [0.25, 0.3) is 10.9 Å². The zero-order valence-electron chi connectivity index (χ0n) is 8.92. The molecule has 1 aromatic heterocycles. The number of rotatable bonds is 2. The van der Waals surface area contributed by atoms with Crippen molar-refractivity contribution >= 4 is 22.5 Å². The van der Waals surface area contributed by atoms with Crippen LogP contribution in [0, 0.1) is 0 Å². The van der Waals surface area contributed by atoms with Crippen LogP contribution in [-0.2, 0) is 12.8 Å². The van der Waals surface area contributed by atoms with Crippen molar-refractivity contribution in [3.05, 3.63) is 34.7 Å². The SMILES string of the molecule is CCc1nc(Cl)c2cccc(CC)c2n1. The van der Waals surface area contributed by atoms with Crippen molar-refractivity contribution < 1.29 is 0 Å². The zero-order valence-corrected chi connectivity index (χ0v) is 9.67. The molecule has 0 spiro atoms. The van der Waals surface area contributed by atoms with Crippen molar-refractivity contribution in [2.24, 2.45) is 0 Å². The van der Waals surface area contributed by atoms with Gasteiger partial charge >= 0.3 is 0 Å². The maximum absolute atomic E-state index is 6.12. The first-order valence-electron chi connectivity index (χ1n) is 5.20. The van der Waals surface area contributed by atoms with Gasteiger partial charge in [0.05, 0.1) is 5.52 Å². The number of halogens is 1. The van der Waals surface area contributed by atoms with Gasteiger partial charge in [0.15, 0.2) is 0 Å². The Kier molecular flexibility index (Phi) is 2.87. The number of benzene rings is 1. The van der Waals surface area contributed by atoms with E-state index < -0.39 is 0 Å². The van der Waals surface area contributed by atoms with Gasteiger partial charge in [-0.15, -0.1) is 0 Å². The summed E-state index contributed by atoms with van der Waals surface area (Å²) < 4.78 is 0. The van der Waals surface area contributed by atoms with E-state index in [1.807, 2.05) is 19.1 Å². The molecule has 0 N–H and O–H groups in total. The minimum atomic E-state index is 0.562. The number of aromatic nitrogens is 2. The van der Waals surface area contributed by atoms with Gasteiger partial charge in [-0.3, -0.25) is 0 Å². The quantitative estimate of drug-likeness (QED) is 0.725. The van der Waals surface area contributed by atoms with Gasteiger partial charge in [0.1, 0.15) is 11.0 Å². The molecular formula is C12H13ClN2. The van der Waals surface area contributed by atoms with Crippen molar-refractivity contribution in [1.82, 2.24) is 9.97 Å². The van der Waals surface area contributed by atoms with Crippen molar-refractivity contribution in [1.29, 1.82) is 0 Å². The minimum absolute atomic E-state index is 0.562. The standard InChI is InChI=1S/C12H13ClN2/c1-3-8-6-5-7-9-11(8)14-10(4-2)15-12(9)13/h5-7H,3-4H2,1-2H3. The van der Waals surface area contributed by atoms with E-state index in [1.165, 1.54) is 5.56 Å². The van der Waals surface area contributed by atoms with Crippen molar-refractivity contribution in [3.63, 3.8) is 0 Å². The molecule has 0 atom stereocenters. The fraction of sp³-hybridized carbons (Fsp3) is 0.333. The van der Waals surface area contributed by atoms with Crippen LogP contribution in [0.1, 0.15) is 25.2 Å². The molecule has 0 saturated heterocycles. The molecule has 0 radical (unpaired) electrons. The molecule has 0 aliphatic heterocycles. The van der Waals surface area contributed by atoms with Crippen LogP contribution in [0.5, 0.6) is 0 Å². The second-order valence-electron chi connectivity index (χ2n) is 3.45. The lowest BCUT2D eigenvalue weighted by molar-refractivity contribution is 0.956. The van der Waals surface area contributed by atoms with E-state index in [0.29, 0.717) is 5.15 Å². The summed E-state index contributed by atoms with van der Waals surface area (Å²) >= 11 is 6.12. The molecule has 2 aromatic rings. The molecule has 15 heavy (non-hydrogen) atoms. The maximum Gasteiger partial charge on any atom is 0.140 e. The Morgan fingerprint density at radius 3 is 2.60 bits per heavy atom. The molecule has 1 heterocycles. The van der Waals surface area contributed by atoms with Crippen LogP contribution in [0.2, 0.25) is 5.15 Å². The first-order valence-corrected chi connectivity index (χ1v) is 5.58. The third-order valence-corrected chi connectivity index (χ3v) is 2.80. The normalized spacial score (nSPS) is 10.9. The Bertz CT molecular complexity index is 494. The minimum Gasteiger partial charge on any atom is -0.233 e. The Morgan fingerprint density at radius 1 is 1.13 bits per heavy atom. The van der Waals surface area contributed by atoms with Crippen LogP contribution >= 0.6 is 11.6 Å². The molecule has 0 aliphatic rings. The highest BCUT2D eigenvalue weighted by Crippen LogP contribution is 2.23. The third-order valence-electron chi connectivity index (χ3n) is 2.51. The summed E-state index contributed by atoms with van der Waals surface area (Å²) in [7, 11) is 0. The highest BCUT2D eigenvalue weighted by atomic mass is 35.5. The molecule has 0 bridgehead atoms. The van der Waals surface area contributed by atoms with E-state index in [4.69, 9.17) is 11.6 Å². The monoisotopic (exact) mass is 220 g/mol. The second-order valence-corrected chi connectivity index (χ2v) is 3.81. The van der Waals surface area contributed by atoms with Crippen LogP contribution in [-0.4, -0.2) is 9.97 Å². The second kappa shape index (κ2) is 4.15. The van der Waals surface area contributed by atoms with Crippen LogP contribution in [0.3, 0.4) is 0 Å². The van der Waals surface area contributed by atoms with Gasteiger partial charge in [0, 0.05) is 11.8 Å². The van der Waals surface area contributed by atoms with Crippen molar-refractivity contribution in [2.75, 3.05) is 0 Å². The van der Waals surface area contributed by atoms with E-state index >= 15 is 0 Å². The zero-order chi connectivity index (χ0) is 10.8. The van der Waals surface area contributed by atoms with Crippen LogP contribution in [0.4, 0.5) is 0 Å². The highest BCUT2D eigenvalue weighted by Gasteiger charge is 2.07. The summed E-state index contributed by atoms with van der Waals surface area (Å²) in [4.78, 5) is 8.78. The van der Waals surface area contributed by atoms with Crippen LogP contribution in [0.15, 0.2) is 18.2 Å². The van der Waals surface area contributed by atoms with E-state index in [2.05, 4.69) is 23.0 Å². The van der Waals surface area contributed by atoms with E-state index in [0.717, 1.165) is 29.6 Å². The molecule has 2 nitrogen and oxygen atoms in total. The number of hydrogen-bond acceptors (Lipinski definition) is 2. The molecule has 0 amide bonds. The molecule has 0 unspecified atom stereocenters. The Balaban J connectivity index is 2.79. The molecule has 3 heteroatoms. The number of para-hydroxylation sites is 1. The molecule has 0 aliphatic carbocycles. The van der Waals surface area contributed by atoms with Gasteiger partial charge in [-0.25, -0.2) is 9.97 Å². The Morgan fingerprint density at radius 2 is 1.93 bits per heavy atom. The van der Waals surface area contributed by atoms with Crippen molar-refractivity contribution in [2.45, 2.75) is 26.7 Å². The van der Waals surface area contributed by atoms with Gasteiger partial charge in [-0.05, 0) is 18.1 Å². The first kappa shape index (κ1) is 10.4. The predicted octanol–water partition coefficient (Wildman–Crippen LogP) is 3.41. The number of fused-ring (bicyclic) bond motifs is 1. The lowest BCUT2D eigenvalue weighted by atomic mass is 10.1. The topological polar surface area (TPSA) is 25.8 Å². The molecule has 0 saturated carbocycles. The van der Waals surface area contributed by atoms with Gasteiger partial charge in [-0.1, -0.05) is 37.6 Å². The summed E-state index contributed by atoms with van der Waals surface area (Å²) in [5.74, 6) is 0.813. The maximum atomic E-state index is 6.12. The van der Waals surface area contributed by atoms with E-state index in [1.54, 1.807) is 0 Å². The van der Waals surface area contributed by atoms with E-state index in [-0.39, 0.29) is 0 Å². The van der Waals surface area contributed by atoms with Crippen LogP contribution < -0.4 is 0 Å². The van der Waals surface area contributed by atoms with E-state index in [9.17, 15) is 0 Å². The van der Waals surface area contributed by atoms with Gasteiger partial charge < -0.3 is 0 Å². The summed E-state index contributed by atoms with van der Waals surface area (Å²) in [5.41, 5.74) is 2.23. The van der Waals surface area contributed by atoms with Gasteiger partial charge in [0.2, 0.25) is 0 Å². The molecule has 78 valence electrons. The molecule has 2 rings (SSSR count). The number of aryl methyl sites for hydroxylation is 2. The molecule has 0 fully saturated rings. The van der Waals surface area contributed by atoms with Gasteiger partial charge in [0.25, 0.3) is 0 Å². The smallest absolute Gasteiger partial charge is 0.140 e. The highest BCUT2D eigenvalue weighted by molar-refractivity contribution is 6.34. The number of nitrogens with zero attached hydrogens (tertiary/aromatic N) is 2. The lowest BCUT2D eigenvalue weighted by Crippen LogP contribution is -1.97. The fourth-order valence-corrected chi connectivity index (χ4v) is 1.91. The van der Waals surface area contributed by atoms with Crippen molar-refractivity contribution in [3.8, 4) is 0 Å². The number of hydrogen-bond donors (Lipinski definition) is 0. The summed E-state index contributed by atoms with van der Waals surface area (Å²) in [5, 5.41) is 1.51. The average molecular weight is 221 g/mol. The molecular weight excluding hydrogens is 208 g/mol. The van der Waals surface area contributed by atoms with Gasteiger partial charge in [-0.2, -0.15) is 0 Å². The summed E-state index contributed by atoms with van der Waals surface area (Å²) in [6, 6.07) is 6.06. The lowest BCUT2D eigenvalue weighted by Gasteiger charge is -2.06. The predicted molar refractivity (Wildman–Crippen MR) is 63.3 cm³/mol. The molecule has 1 aromatic carbocycles. The third kappa shape index (κ3) is 1.82. The fourth-order valence-electron chi connectivity index (χ4n) is 1.66.